The summed E-state index contributed by atoms with van der Waals surface area (Å²) < 4.78 is 198. The number of carbonyl (C=O) groups is 2. The molecule has 2 N–H and O–H groups in total. The predicted molar refractivity (Wildman–Crippen MR) is 78.4 cm³/mol. The number of hydrogen-bond acceptors (Lipinski definition) is 4. The van der Waals surface area contributed by atoms with Crippen molar-refractivity contribution in [1.82, 2.24) is 4.90 Å². The Balaban J connectivity index is 3.60. The summed E-state index contributed by atoms with van der Waals surface area (Å²) in [6.07, 6.45) is -9.11. The molecule has 1 amide bonds. The first-order valence-electron chi connectivity index (χ1n) is 8.29. The molecule has 0 aromatic heterocycles. The van der Waals surface area contributed by atoms with Gasteiger partial charge in [-0.05, 0) is 6.92 Å². The summed E-state index contributed by atoms with van der Waals surface area (Å²) in [5.41, 5.74) is -4.17. The van der Waals surface area contributed by atoms with Crippen LogP contribution in [0.2, 0.25) is 0 Å². The number of aliphatic hydroxyl groups excluding tert-OH is 1. The van der Waals surface area contributed by atoms with Gasteiger partial charge in [-0.3, -0.25) is 9.59 Å². The van der Waals surface area contributed by atoms with Crippen molar-refractivity contribution in [2.45, 2.75) is 60.7 Å². The van der Waals surface area contributed by atoms with Gasteiger partial charge in [0.2, 0.25) is 5.78 Å². The van der Waals surface area contributed by atoms with Crippen LogP contribution in [0.1, 0.15) is 13.3 Å². The molecule has 0 bridgehead atoms. The Morgan fingerprint density at radius 3 is 1.43 bits per heavy atom. The van der Waals surface area contributed by atoms with Crippen molar-refractivity contribution in [3.63, 3.8) is 0 Å². The second-order valence-electron chi connectivity index (χ2n) is 7.38. The van der Waals surface area contributed by atoms with Crippen molar-refractivity contribution in [2.24, 2.45) is 0 Å². The zero-order valence-electron chi connectivity index (χ0n) is 16.5. The second-order valence-corrected chi connectivity index (χ2v) is 7.38. The van der Waals surface area contributed by atoms with Gasteiger partial charge in [-0.2, -0.15) is 65.9 Å². The number of halogens is 15. The van der Waals surface area contributed by atoms with Gasteiger partial charge in [-0.1, -0.05) is 0 Å². The first-order valence-corrected chi connectivity index (χ1v) is 8.29. The van der Waals surface area contributed by atoms with Gasteiger partial charge in [0.15, 0.2) is 5.76 Å². The topological polar surface area (TPSA) is 77.8 Å². The lowest BCUT2D eigenvalue weighted by atomic mass is 9.90. The minimum atomic E-state index is -8.57. The SMILES string of the molecule is CN(C(=O)C(F)(F)C(F)(F)C(F)(F)C(F)(F)C(F)(F)C(F)(F)C(F)(F)F)C1=C(O)C(=O)C(C)(O)C1. The summed E-state index contributed by atoms with van der Waals surface area (Å²) in [6.45, 7) is 0.571. The summed E-state index contributed by atoms with van der Waals surface area (Å²) >= 11 is 0. The maximum absolute atomic E-state index is 14.0. The van der Waals surface area contributed by atoms with Gasteiger partial charge in [-0.15, -0.1) is 0 Å². The minimum Gasteiger partial charge on any atom is -0.503 e. The van der Waals surface area contributed by atoms with Crippen LogP contribution in [0.4, 0.5) is 65.9 Å². The fraction of sp³-hybridized carbons (Fsp3) is 0.733. The van der Waals surface area contributed by atoms with E-state index in [9.17, 15) is 85.7 Å². The van der Waals surface area contributed by atoms with E-state index in [1.807, 2.05) is 0 Å². The summed E-state index contributed by atoms with van der Waals surface area (Å²) in [5.74, 6) is -56.3. The Morgan fingerprint density at radius 1 is 0.771 bits per heavy atom. The Hall–Kier alpha value is -2.41. The molecular weight excluding hydrogens is 543 g/mol. The molecule has 1 atom stereocenters. The van der Waals surface area contributed by atoms with E-state index in [-0.39, 0.29) is 7.05 Å². The average molecular weight is 553 g/mol. The number of carbonyl (C=O) groups excluding carboxylic acids is 2. The van der Waals surface area contributed by atoms with Gasteiger partial charge in [0.1, 0.15) is 5.60 Å². The normalized spacial score (nSPS) is 21.6. The van der Waals surface area contributed by atoms with Gasteiger partial charge < -0.3 is 15.1 Å². The highest BCUT2D eigenvalue weighted by Crippen LogP contribution is 2.62. The van der Waals surface area contributed by atoms with Crippen molar-refractivity contribution in [3.8, 4) is 0 Å². The van der Waals surface area contributed by atoms with Gasteiger partial charge in [0, 0.05) is 13.5 Å². The third-order valence-electron chi connectivity index (χ3n) is 4.80. The summed E-state index contributed by atoms with van der Waals surface area (Å²) in [7, 11) is -0.0742. The van der Waals surface area contributed by atoms with Crippen LogP contribution in [0.15, 0.2) is 11.5 Å². The lowest BCUT2D eigenvalue weighted by molar-refractivity contribution is -0.449. The standard InChI is InChI=1S/C15H10F15NO4/c1-8(35)3-4(5(32)6(8)33)31(2)7(34)9(16,17)10(18,19)11(20,21)12(22,23)13(24,25)14(26,27)15(28,29)30/h32,35H,3H2,1-2H3. The molecule has 0 saturated heterocycles. The smallest absolute Gasteiger partial charge is 0.460 e. The van der Waals surface area contributed by atoms with Crippen LogP contribution >= 0.6 is 0 Å². The molecule has 0 saturated carbocycles. The summed E-state index contributed by atoms with van der Waals surface area (Å²) in [6, 6.07) is 0. The molecule has 0 spiro atoms. The van der Waals surface area contributed by atoms with E-state index >= 15 is 0 Å². The average Bonchev–Trinajstić information content (AvgIpc) is 2.87. The van der Waals surface area contributed by atoms with Gasteiger partial charge in [0.05, 0.1) is 5.70 Å². The molecule has 0 heterocycles. The van der Waals surface area contributed by atoms with Crippen LogP contribution in [0.25, 0.3) is 0 Å². The van der Waals surface area contributed by atoms with Crippen LogP contribution in [0, 0.1) is 0 Å². The fourth-order valence-electron chi connectivity index (χ4n) is 2.59. The zero-order chi connectivity index (χ0) is 28.6. The van der Waals surface area contributed by atoms with Gasteiger partial charge >= 0.3 is 47.6 Å². The van der Waals surface area contributed by atoms with Crippen molar-refractivity contribution < 1.29 is 85.7 Å². The Kier molecular flexibility index (Phi) is 6.82. The van der Waals surface area contributed by atoms with E-state index in [2.05, 4.69) is 0 Å². The monoisotopic (exact) mass is 553 g/mol. The van der Waals surface area contributed by atoms with Crippen molar-refractivity contribution in [3.05, 3.63) is 11.5 Å². The molecule has 0 aromatic rings. The number of amides is 1. The first-order chi connectivity index (χ1) is 15.0. The number of Topliss-reactive ketones (excluding diaryl/α,β-unsaturated/α-hetero) is 1. The van der Waals surface area contributed by atoms with Gasteiger partial charge in [-0.25, -0.2) is 0 Å². The molecular formula is C15H10F15NO4. The fourth-order valence-corrected chi connectivity index (χ4v) is 2.59. The van der Waals surface area contributed by atoms with Crippen molar-refractivity contribution in [1.29, 1.82) is 0 Å². The maximum atomic E-state index is 14.0. The molecule has 0 fully saturated rings. The molecule has 0 radical (unpaired) electrons. The van der Waals surface area contributed by atoms with E-state index < -0.39 is 81.8 Å². The third kappa shape index (κ3) is 3.87. The number of hydrogen-bond donors (Lipinski definition) is 2. The van der Waals surface area contributed by atoms with Crippen LogP contribution in [0.3, 0.4) is 0 Å². The predicted octanol–water partition coefficient (Wildman–Crippen LogP) is 4.31. The largest absolute Gasteiger partial charge is 0.503 e. The number of rotatable bonds is 7. The maximum Gasteiger partial charge on any atom is 0.460 e. The number of alkyl halides is 15. The molecule has 20 heteroatoms. The molecule has 35 heavy (non-hydrogen) atoms. The molecule has 1 rings (SSSR count). The van der Waals surface area contributed by atoms with Crippen molar-refractivity contribution >= 4 is 11.7 Å². The highest BCUT2D eigenvalue weighted by molar-refractivity contribution is 6.03. The lowest BCUT2D eigenvalue weighted by Gasteiger charge is -2.41. The first kappa shape index (κ1) is 30.6. The van der Waals surface area contributed by atoms with Crippen LogP contribution < -0.4 is 0 Å². The highest BCUT2D eigenvalue weighted by Gasteiger charge is 2.94. The molecule has 5 nitrogen and oxygen atoms in total. The zero-order valence-corrected chi connectivity index (χ0v) is 16.5. The van der Waals surface area contributed by atoms with E-state index in [1.54, 1.807) is 0 Å². The molecule has 1 aliphatic carbocycles. The van der Waals surface area contributed by atoms with E-state index in [4.69, 9.17) is 0 Å². The van der Waals surface area contributed by atoms with Crippen LogP contribution in [-0.4, -0.2) is 81.2 Å². The molecule has 0 aliphatic heterocycles. The Labute approximate surface area is 182 Å². The number of ketones is 1. The Bertz CT molecular complexity index is 935. The molecule has 204 valence electrons. The minimum absolute atomic E-state index is 0.0742. The molecule has 1 aliphatic rings. The van der Waals surface area contributed by atoms with Crippen LogP contribution in [0.5, 0.6) is 0 Å². The van der Waals surface area contributed by atoms with Crippen LogP contribution in [-0.2, 0) is 9.59 Å². The number of aliphatic hydroxyl groups is 2. The second kappa shape index (κ2) is 7.79. The molecule has 0 aromatic carbocycles. The van der Waals surface area contributed by atoms with Gasteiger partial charge in [0.25, 0.3) is 0 Å². The Morgan fingerprint density at radius 2 is 1.11 bits per heavy atom. The van der Waals surface area contributed by atoms with E-state index in [0.717, 1.165) is 0 Å². The number of nitrogens with zero attached hydrogens (tertiary/aromatic N) is 1. The lowest BCUT2D eigenvalue weighted by Crippen LogP contribution is -2.73. The van der Waals surface area contributed by atoms with E-state index in [0.29, 0.717) is 6.92 Å². The van der Waals surface area contributed by atoms with Crippen molar-refractivity contribution in [2.75, 3.05) is 7.05 Å². The highest BCUT2D eigenvalue weighted by atomic mass is 19.4. The quantitative estimate of drug-likeness (QED) is 0.461. The van der Waals surface area contributed by atoms with E-state index in [1.165, 1.54) is 0 Å². The third-order valence-corrected chi connectivity index (χ3v) is 4.80. The summed E-state index contributed by atoms with van der Waals surface area (Å²) in [5, 5.41) is 19.0. The summed E-state index contributed by atoms with van der Waals surface area (Å²) in [4.78, 5) is 22.2. The molecule has 1 unspecified atom stereocenters.